The van der Waals surface area contributed by atoms with E-state index >= 15 is 0 Å². The molecule has 0 amide bonds. The first-order valence-corrected chi connectivity index (χ1v) is 10.2. The van der Waals surface area contributed by atoms with Gasteiger partial charge in [0, 0.05) is 0 Å². The summed E-state index contributed by atoms with van der Waals surface area (Å²) < 4.78 is 27.3. The second-order valence-electron chi connectivity index (χ2n) is 5.72. The standard InChI is InChI=1S/C17H34O3S.Na.H/c1-3-5-6-7-8-9-10-11-12-13-14-15-16-20-21(18,19)17-4-2;;/h4H,2-3,5-17H2,1H3;;. The van der Waals surface area contributed by atoms with Crippen LogP contribution in [0.25, 0.3) is 0 Å². The third-order valence-corrected chi connectivity index (χ3v) is 4.75. The molecule has 0 aromatic carbocycles. The van der Waals surface area contributed by atoms with Gasteiger partial charge in [-0.15, -0.1) is 6.58 Å². The van der Waals surface area contributed by atoms with Gasteiger partial charge in [-0.1, -0.05) is 83.6 Å². The van der Waals surface area contributed by atoms with Crippen LogP contribution in [0.1, 0.15) is 84.0 Å². The van der Waals surface area contributed by atoms with Gasteiger partial charge in [-0.05, 0) is 6.42 Å². The summed E-state index contributed by atoms with van der Waals surface area (Å²) in [6.45, 7) is 5.96. The quantitative estimate of drug-likeness (QED) is 0.179. The normalized spacial score (nSPS) is 11.1. The molecule has 0 spiro atoms. The molecule has 0 aliphatic rings. The van der Waals surface area contributed by atoms with Crippen LogP contribution in [0.5, 0.6) is 0 Å². The summed E-state index contributed by atoms with van der Waals surface area (Å²) in [6.07, 6.45) is 16.6. The molecule has 0 N–H and O–H groups in total. The Morgan fingerprint density at radius 3 is 1.64 bits per heavy atom. The van der Waals surface area contributed by atoms with Crippen molar-refractivity contribution in [2.75, 3.05) is 12.4 Å². The Morgan fingerprint density at radius 1 is 0.818 bits per heavy atom. The summed E-state index contributed by atoms with van der Waals surface area (Å²) in [6, 6.07) is 0. The van der Waals surface area contributed by atoms with Crippen molar-refractivity contribution in [3.63, 3.8) is 0 Å². The molecule has 0 heterocycles. The average molecular weight is 343 g/mol. The van der Waals surface area contributed by atoms with Crippen molar-refractivity contribution < 1.29 is 12.6 Å². The summed E-state index contributed by atoms with van der Waals surface area (Å²) >= 11 is 0. The van der Waals surface area contributed by atoms with Crippen LogP contribution in [0.3, 0.4) is 0 Å². The zero-order valence-electron chi connectivity index (χ0n) is 13.8. The Balaban J connectivity index is 0. The van der Waals surface area contributed by atoms with Crippen molar-refractivity contribution in [1.82, 2.24) is 0 Å². The number of unbranched alkanes of at least 4 members (excludes halogenated alkanes) is 11. The molecule has 5 heteroatoms. The second-order valence-corrected chi connectivity index (χ2v) is 7.41. The first kappa shape index (κ1) is 24.9. The number of rotatable bonds is 16. The van der Waals surface area contributed by atoms with Crippen molar-refractivity contribution in [2.45, 2.75) is 84.0 Å². The summed E-state index contributed by atoms with van der Waals surface area (Å²) in [4.78, 5) is 0. The summed E-state index contributed by atoms with van der Waals surface area (Å²) in [5, 5.41) is 0. The Morgan fingerprint density at radius 2 is 1.23 bits per heavy atom. The van der Waals surface area contributed by atoms with Crippen molar-refractivity contribution in [3.8, 4) is 0 Å². The van der Waals surface area contributed by atoms with Gasteiger partial charge in [0.2, 0.25) is 0 Å². The van der Waals surface area contributed by atoms with Crippen molar-refractivity contribution in [2.24, 2.45) is 0 Å². The van der Waals surface area contributed by atoms with E-state index in [1.165, 1.54) is 70.3 Å². The molecule has 128 valence electrons. The van der Waals surface area contributed by atoms with Gasteiger partial charge in [0.25, 0.3) is 10.1 Å². The van der Waals surface area contributed by atoms with E-state index in [1.807, 2.05) is 0 Å². The molecule has 0 fully saturated rings. The fraction of sp³-hybridized carbons (Fsp3) is 0.882. The van der Waals surface area contributed by atoms with E-state index in [0.29, 0.717) is 6.61 Å². The van der Waals surface area contributed by atoms with Gasteiger partial charge in [-0.25, -0.2) is 0 Å². The van der Waals surface area contributed by atoms with Gasteiger partial charge in [0.05, 0.1) is 12.4 Å². The molecule has 0 aliphatic heterocycles. The van der Waals surface area contributed by atoms with Gasteiger partial charge in [0.15, 0.2) is 0 Å². The van der Waals surface area contributed by atoms with E-state index in [4.69, 9.17) is 4.18 Å². The SMILES string of the molecule is C=CCS(=O)(=O)OCCCCCCCCCCCCCC.[NaH]. The molecule has 0 aliphatic carbocycles. The topological polar surface area (TPSA) is 43.4 Å². The Labute approximate surface area is 160 Å². The molecule has 0 atom stereocenters. The van der Waals surface area contributed by atoms with Crippen LogP contribution in [0, 0.1) is 0 Å². The molecule has 0 saturated carbocycles. The molecular formula is C17H35NaO3S. The van der Waals surface area contributed by atoms with Crippen LogP contribution in [0.15, 0.2) is 12.7 Å². The summed E-state index contributed by atoms with van der Waals surface area (Å²) in [5.41, 5.74) is 0. The van der Waals surface area contributed by atoms with Gasteiger partial charge in [-0.3, -0.25) is 4.18 Å². The number of hydrogen-bond donors (Lipinski definition) is 0. The Kier molecular flexibility index (Phi) is 20.4. The fourth-order valence-electron chi connectivity index (χ4n) is 2.32. The molecule has 0 aromatic heterocycles. The van der Waals surface area contributed by atoms with Crippen LogP contribution in [0.2, 0.25) is 0 Å². The molecule has 22 heavy (non-hydrogen) atoms. The van der Waals surface area contributed by atoms with Gasteiger partial charge in [-0.2, -0.15) is 8.42 Å². The van der Waals surface area contributed by atoms with Crippen LogP contribution in [-0.4, -0.2) is 50.3 Å². The molecular weight excluding hydrogens is 307 g/mol. The first-order chi connectivity index (χ1) is 10.1. The van der Waals surface area contributed by atoms with E-state index in [1.54, 1.807) is 0 Å². The van der Waals surface area contributed by atoms with E-state index in [9.17, 15) is 8.42 Å². The maximum atomic E-state index is 11.2. The van der Waals surface area contributed by atoms with Crippen LogP contribution < -0.4 is 0 Å². The fourth-order valence-corrected chi connectivity index (χ4v) is 3.08. The zero-order valence-corrected chi connectivity index (χ0v) is 14.6. The van der Waals surface area contributed by atoms with Gasteiger partial charge in [0.1, 0.15) is 0 Å². The number of hydrogen-bond acceptors (Lipinski definition) is 3. The van der Waals surface area contributed by atoms with Crippen molar-refractivity contribution in [3.05, 3.63) is 12.7 Å². The third-order valence-electron chi connectivity index (χ3n) is 3.58. The molecule has 0 unspecified atom stereocenters. The summed E-state index contributed by atoms with van der Waals surface area (Å²) in [7, 11) is -3.36. The maximum absolute atomic E-state index is 11.2. The van der Waals surface area contributed by atoms with Crippen molar-refractivity contribution in [1.29, 1.82) is 0 Å². The average Bonchev–Trinajstić information content (AvgIpc) is 2.44. The second kappa shape index (κ2) is 18.0. The summed E-state index contributed by atoms with van der Waals surface area (Å²) in [5.74, 6) is -0.0920. The molecule has 0 rings (SSSR count). The predicted molar refractivity (Wildman–Crippen MR) is 98.2 cm³/mol. The van der Waals surface area contributed by atoms with E-state index < -0.39 is 10.1 Å². The predicted octanol–water partition coefficient (Wildman–Crippen LogP) is 4.57. The minimum atomic E-state index is -3.36. The van der Waals surface area contributed by atoms with E-state index in [0.717, 1.165) is 12.8 Å². The minimum absolute atomic E-state index is 0. The zero-order chi connectivity index (χ0) is 15.8. The van der Waals surface area contributed by atoms with Crippen LogP contribution in [-0.2, 0) is 14.3 Å². The third kappa shape index (κ3) is 18.7. The van der Waals surface area contributed by atoms with Gasteiger partial charge < -0.3 is 0 Å². The van der Waals surface area contributed by atoms with Crippen LogP contribution in [0.4, 0.5) is 0 Å². The van der Waals surface area contributed by atoms with Gasteiger partial charge >= 0.3 is 29.6 Å². The monoisotopic (exact) mass is 342 g/mol. The molecule has 0 aromatic rings. The molecule has 0 radical (unpaired) electrons. The molecule has 3 nitrogen and oxygen atoms in total. The Bertz CT molecular complexity index is 329. The first-order valence-electron chi connectivity index (χ1n) is 8.60. The molecule has 0 bridgehead atoms. The molecule has 0 saturated heterocycles. The van der Waals surface area contributed by atoms with E-state index in [2.05, 4.69) is 13.5 Å². The van der Waals surface area contributed by atoms with E-state index in [-0.39, 0.29) is 35.3 Å². The van der Waals surface area contributed by atoms with Crippen molar-refractivity contribution >= 4 is 39.7 Å². The Hall–Kier alpha value is 0.650. The van der Waals surface area contributed by atoms with Crippen LogP contribution >= 0.6 is 0 Å².